The summed E-state index contributed by atoms with van der Waals surface area (Å²) in [4.78, 5) is 0. The molecule has 21 heavy (non-hydrogen) atoms. The Labute approximate surface area is 131 Å². The second-order valence-electron chi connectivity index (χ2n) is 8.11. The van der Waals surface area contributed by atoms with Gasteiger partial charge >= 0.3 is 0 Å². The first kappa shape index (κ1) is 18.9. The molecule has 3 atom stereocenters. The highest BCUT2D eigenvalue weighted by Gasteiger charge is 2.28. The second-order valence-corrected chi connectivity index (χ2v) is 8.11. The second kappa shape index (κ2) is 8.47. The average molecular weight is 299 g/mol. The summed E-state index contributed by atoms with van der Waals surface area (Å²) in [5, 5.41) is 3.75. The Morgan fingerprint density at radius 3 is 2.33 bits per heavy atom. The summed E-state index contributed by atoms with van der Waals surface area (Å²) >= 11 is 0. The first-order valence-corrected chi connectivity index (χ1v) is 8.75. The van der Waals surface area contributed by atoms with Crippen molar-refractivity contribution in [2.45, 2.75) is 89.3 Å². The molecule has 1 aliphatic rings. The van der Waals surface area contributed by atoms with E-state index < -0.39 is 0 Å². The van der Waals surface area contributed by atoms with E-state index >= 15 is 0 Å². The molecule has 7 N–H and O–H groups in total. The summed E-state index contributed by atoms with van der Waals surface area (Å²) in [7, 11) is 0. The summed E-state index contributed by atoms with van der Waals surface area (Å²) in [6.07, 6.45) is 9.66. The van der Waals surface area contributed by atoms with Crippen LogP contribution in [0.2, 0.25) is 0 Å². The van der Waals surface area contributed by atoms with Gasteiger partial charge in [0, 0.05) is 23.7 Å². The number of nitrogens with two attached hydrogens (primary N) is 3. The van der Waals surface area contributed by atoms with Crippen LogP contribution in [0.4, 0.5) is 0 Å². The highest BCUT2D eigenvalue weighted by molar-refractivity contribution is 4.89. The smallest absolute Gasteiger partial charge is 0.0252 e. The van der Waals surface area contributed by atoms with Crippen molar-refractivity contribution in [2.75, 3.05) is 13.1 Å². The van der Waals surface area contributed by atoms with Gasteiger partial charge < -0.3 is 22.5 Å². The lowest BCUT2D eigenvalue weighted by atomic mass is 9.81. The van der Waals surface area contributed by atoms with Crippen molar-refractivity contribution in [1.82, 2.24) is 5.32 Å². The Morgan fingerprint density at radius 2 is 1.71 bits per heavy atom. The SMILES string of the molecule is CC(C)(N)CCC(C)(N)CNC1CCCCC1CCCN. The maximum atomic E-state index is 6.45. The van der Waals surface area contributed by atoms with E-state index in [1.54, 1.807) is 0 Å². The zero-order valence-corrected chi connectivity index (χ0v) is 14.5. The Hall–Kier alpha value is -0.160. The fraction of sp³-hybridized carbons (Fsp3) is 1.00. The molecule has 1 saturated carbocycles. The van der Waals surface area contributed by atoms with Gasteiger partial charge in [0.1, 0.15) is 0 Å². The summed E-state index contributed by atoms with van der Waals surface area (Å²) < 4.78 is 0. The first-order chi connectivity index (χ1) is 9.73. The predicted molar refractivity (Wildman–Crippen MR) is 92.1 cm³/mol. The van der Waals surface area contributed by atoms with Crippen molar-refractivity contribution in [3.05, 3.63) is 0 Å². The quantitative estimate of drug-likeness (QED) is 0.525. The molecule has 0 saturated heterocycles. The van der Waals surface area contributed by atoms with Crippen LogP contribution < -0.4 is 22.5 Å². The molecule has 0 aromatic rings. The lowest BCUT2D eigenvalue weighted by molar-refractivity contribution is 0.227. The lowest BCUT2D eigenvalue weighted by Gasteiger charge is -2.36. The predicted octanol–water partition coefficient (Wildman–Crippen LogP) is 2.11. The van der Waals surface area contributed by atoms with Crippen molar-refractivity contribution >= 4 is 0 Å². The molecule has 126 valence electrons. The van der Waals surface area contributed by atoms with Crippen LogP contribution in [0.25, 0.3) is 0 Å². The summed E-state index contributed by atoms with van der Waals surface area (Å²) in [5.41, 5.74) is 17.9. The highest BCUT2D eigenvalue weighted by Crippen LogP contribution is 2.28. The average Bonchev–Trinajstić information content (AvgIpc) is 2.41. The maximum absolute atomic E-state index is 6.45. The zero-order valence-electron chi connectivity index (χ0n) is 14.5. The third-order valence-corrected chi connectivity index (χ3v) is 4.80. The molecule has 0 aliphatic heterocycles. The minimum atomic E-state index is -0.174. The molecule has 3 unspecified atom stereocenters. The molecule has 0 radical (unpaired) electrons. The van der Waals surface area contributed by atoms with Gasteiger partial charge in [-0.05, 0) is 71.8 Å². The van der Waals surface area contributed by atoms with E-state index in [4.69, 9.17) is 17.2 Å². The van der Waals surface area contributed by atoms with Crippen LogP contribution in [0.3, 0.4) is 0 Å². The molecule has 0 aromatic carbocycles. The standard InChI is InChI=1S/C17H38N4/c1-16(2,19)10-11-17(3,20)13-21-15-9-5-4-7-14(15)8-6-12-18/h14-15,21H,4-13,18-20H2,1-3H3. The van der Waals surface area contributed by atoms with E-state index in [9.17, 15) is 0 Å². The number of hydrogen-bond donors (Lipinski definition) is 4. The zero-order chi connectivity index (χ0) is 15.9. The molecular weight excluding hydrogens is 260 g/mol. The van der Waals surface area contributed by atoms with Gasteiger partial charge in [0.2, 0.25) is 0 Å². The minimum absolute atomic E-state index is 0.130. The normalized spacial score (nSPS) is 26.6. The topological polar surface area (TPSA) is 90.1 Å². The van der Waals surface area contributed by atoms with Gasteiger partial charge in [-0.1, -0.05) is 12.8 Å². The molecule has 1 fully saturated rings. The molecule has 0 aromatic heterocycles. The van der Waals surface area contributed by atoms with E-state index in [1.165, 1.54) is 32.1 Å². The molecule has 1 aliphatic carbocycles. The van der Waals surface area contributed by atoms with Crippen LogP contribution in [-0.2, 0) is 0 Å². The Kier molecular flexibility index (Phi) is 7.62. The molecule has 4 nitrogen and oxygen atoms in total. The van der Waals surface area contributed by atoms with Crippen LogP contribution in [0.15, 0.2) is 0 Å². The van der Waals surface area contributed by atoms with Crippen molar-refractivity contribution in [2.24, 2.45) is 23.1 Å². The summed E-state index contributed by atoms with van der Waals surface area (Å²) in [6.45, 7) is 7.97. The molecule has 4 heteroatoms. The van der Waals surface area contributed by atoms with Gasteiger partial charge in [-0.3, -0.25) is 0 Å². The highest BCUT2D eigenvalue weighted by atomic mass is 15.0. The number of nitrogens with one attached hydrogen (secondary N) is 1. The molecule has 0 spiro atoms. The third-order valence-electron chi connectivity index (χ3n) is 4.80. The fourth-order valence-electron chi connectivity index (χ4n) is 3.26. The van der Waals surface area contributed by atoms with Gasteiger partial charge in [0.05, 0.1) is 0 Å². The molecule has 0 bridgehead atoms. The van der Waals surface area contributed by atoms with Crippen LogP contribution in [0.1, 0.15) is 72.1 Å². The van der Waals surface area contributed by atoms with E-state index in [2.05, 4.69) is 26.1 Å². The van der Waals surface area contributed by atoms with Crippen LogP contribution in [0, 0.1) is 5.92 Å². The number of rotatable bonds is 9. The van der Waals surface area contributed by atoms with Crippen molar-refractivity contribution in [3.8, 4) is 0 Å². The maximum Gasteiger partial charge on any atom is 0.0252 e. The molecule has 1 rings (SSSR count). The first-order valence-electron chi connectivity index (χ1n) is 8.75. The van der Waals surface area contributed by atoms with Crippen molar-refractivity contribution in [3.63, 3.8) is 0 Å². The molecule has 0 amide bonds. The summed E-state index contributed by atoms with van der Waals surface area (Å²) in [6, 6.07) is 0.624. The van der Waals surface area contributed by atoms with Gasteiger partial charge in [-0.15, -0.1) is 0 Å². The fourth-order valence-corrected chi connectivity index (χ4v) is 3.26. The van der Waals surface area contributed by atoms with Gasteiger partial charge in [0.15, 0.2) is 0 Å². The monoisotopic (exact) mass is 298 g/mol. The van der Waals surface area contributed by atoms with E-state index in [0.29, 0.717) is 6.04 Å². The lowest BCUT2D eigenvalue weighted by Crippen LogP contribution is -2.52. The Bertz CT molecular complexity index is 283. The largest absolute Gasteiger partial charge is 0.330 e. The van der Waals surface area contributed by atoms with Crippen LogP contribution in [-0.4, -0.2) is 30.2 Å². The third kappa shape index (κ3) is 8.15. The Morgan fingerprint density at radius 1 is 1.05 bits per heavy atom. The van der Waals surface area contributed by atoms with Crippen LogP contribution >= 0.6 is 0 Å². The molecule has 0 heterocycles. The van der Waals surface area contributed by atoms with Gasteiger partial charge in [-0.25, -0.2) is 0 Å². The van der Waals surface area contributed by atoms with Gasteiger partial charge in [0.25, 0.3) is 0 Å². The van der Waals surface area contributed by atoms with E-state index in [0.717, 1.165) is 38.3 Å². The minimum Gasteiger partial charge on any atom is -0.330 e. The van der Waals surface area contributed by atoms with Crippen LogP contribution in [0.5, 0.6) is 0 Å². The van der Waals surface area contributed by atoms with E-state index in [-0.39, 0.29) is 11.1 Å². The van der Waals surface area contributed by atoms with Gasteiger partial charge in [-0.2, -0.15) is 0 Å². The summed E-state index contributed by atoms with van der Waals surface area (Å²) in [5.74, 6) is 0.782. The van der Waals surface area contributed by atoms with Crippen molar-refractivity contribution in [1.29, 1.82) is 0 Å². The Balaban J connectivity index is 2.39. The number of hydrogen-bond acceptors (Lipinski definition) is 4. The van der Waals surface area contributed by atoms with E-state index in [1.807, 2.05) is 0 Å². The van der Waals surface area contributed by atoms with Crippen molar-refractivity contribution < 1.29 is 0 Å². The molecular formula is C17H38N4.